The van der Waals surface area contributed by atoms with Crippen LogP contribution in [0.15, 0.2) is 30.5 Å². The van der Waals surface area contributed by atoms with Crippen LogP contribution < -0.4 is 0 Å². The van der Waals surface area contributed by atoms with Gasteiger partial charge in [-0.1, -0.05) is 18.2 Å². The highest BCUT2D eigenvalue weighted by atomic mass is 15.0. The highest BCUT2D eigenvalue weighted by Crippen LogP contribution is 2.17. The SMILES string of the molecule is [CH2]N(C)CCc1c[nH]c2ccccc12. The Morgan fingerprint density at radius 1 is 1.36 bits per heavy atom. The normalized spacial score (nSPS) is 11.4. The van der Waals surface area contributed by atoms with Gasteiger partial charge in [0, 0.05) is 30.7 Å². The third-order valence-electron chi connectivity index (χ3n) is 2.44. The standard InChI is InChI=1S/C12H15N2/c1-14(2)8-7-10-9-13-12-6-4-3-5-11(10)12/h3-6,9,13H,1,7-8H2,2H3. The van der Waals surface area contributed by atoms with Crippen LogP contribution in [0, 0.1) is 7.05 Å². The molecule has 1 aromatic heterocycles. The van der Waals surface area contributed by atoms with E-state index in [1.165, 1.54) is 16.5 Å². The molecular weight excluding hydrogens is 172 g/mol. The first kappa shape index (κ1) is 9.28. The molecule has 0 fully saturated rings. The number of rotatable bonds is 3. The molecule has 14 heavy (non-hydrogen) atoms. The van der Waals surface area contributed by atoms with Crippen LogP contribution in [-0.2, 0) is 6.42 Å². The number of aromatic amines is 1. The van der Waals surface area contributed by atoms with Gasteiger partial charge < -0.3 is 9.88 Å². The van der Waals surface area contributed by atoms with E-state index in [-0.39, 0.29) is 0 Å². The summed E-state index contributed by atoms with van der Waals surface area (Å²) in [6.07, 6.45) is 3.14. The molecule has 2 rings (SSSR count). The summed E-state index contributed by atoms with van der Waals surface area (Å²) in [6.45, 7) is 0.988. The van der Waals surface area contributed by atoms with Gasteiger partial charge in [-0.15, -0.1) is 0 Å². The van der Waals surface area contributed by atoms with Gasteiger partial charge in [0.25, 0.3) is 0 Å². The van der Waals surface area contributed by atoms with Crippen molar-refractivity contribution in [3.05, 3.63) is 43.1 Å². The molecule has 0 aliphatic heterocycles. The Kier molecular flexibility index (Phi) is 2.55. The van der Waals surface area contributed by atoms with E-state index in [9.17, 15) is 0 Å². The van der Waals surface area contributed by atoms with E-state index in [0.717, 1.165) is 13.0 Å². The Labute approximate surface area is 84.5 Å². The summed E-state index contributed by atoms with van der Waals surface area (Å²) < 4.78 is 0. The van der Waals surface area contributed by atoms with Crippen molar-refractivity contribution in [2.75, 3.05) is 13.6 Å². The van der Waals surface area contributed by atoms with Crippen LogP contribution in [0.4, 0.5) is 0 Å². The monoisotopic (exact) mass is 187 g/mol. The van der Waals surface area contributed by atoms with Crippen molar-refractivity contribution < 1.29 is 0 Å². The van der Waals surface area contributed by atoms with Gasteiger partial charge in [0.05, 0.1) is 0 Å². The lowest BCUT2D eigenvalue weighted by Gasteiger charge is -2.07. The van der Waals surface area contributed by atoms with Crippen LogP contribution >= 0.6 is 0 Å². The first-order valence-corrected chi connectivity index (χ1v) is 4.84. The van der Waals surface area contributed by atoms with Crippen molar-refractivity contribution in [1.82, 2.24) is 9.88 Å². The third-order valence-corrected chi connectivity index (χ3v) is 2.44. The van der Waals surface area contributed by atoms with E-state index in [1.807, 2.05) is 11.9 Å². The first-order chi connectivity index (χ1) is 6.77. The molecule has 2 heteroatoms. The van der Waals surface area contributed by atoms with Crippen molar-refractivity contribution in [2.45, 2.75) is 6.42 Å². The van der Waals surface area contributed by atoms with Crippen molar-refractivity contribution in [1.29, 1.82) is 0 Å². The fraction of sp³-hybridized carbons (Fsp3) is 0.250. The van der Waals surface area contributed by atoms with Crippen molar-refractivity contribution >= 4 is 10.9 Å². The number of fused-ring (bicyclic) bond motifs is 1. The first-order valence-electron chi connectivity index (χ1n) is 4.84. The molecule has 1 aromatic carbocycles. The van der Waals surface area contributed by atoms with Crippen molar-refractivity contribution in [3.63, 3.8) is 0 Å². The number of benzene rings is 1. The number of likely N-dealkylation sites (N-methyl/N-ethyl adjacent to an activating group) is 1. The smallest absolute Gasteiger partial charge is 0.0456 e. The van der Waals surface area contributed by atoms with E-state index in [2.05, 4.69) is 42.5 Å². The fourth-order valence-corrected chi connectivity index (χ4v) is 1.65. The molecule has 0 amide bonds. The van der Waals surface area contributed by atoms with Crippen LogP contribution in [0.5, 0.6) is 0 Å². The molecule has 0 spiro atoms. The summed E-state index contributed by atoms with van der Waals surface area (Å²) in [6, 6.07) is 8.39. The Morgan fingerprint density at radius 3 is 2.93 bits per heavy atom. The van der Waals surface area contributed by atoms with Crippen LogP contribution in [-0.4, -0.2) is 23.5 Å². The van der Waals surface area contributed by atoms with Gasteiger partial charge in [-0.2, -0.15) is 0 Å². The molecule has 1 radical (unpaired) electrons. The predicted molar refractivity (Wildman–Crippen MR) is 60.0 cm³/mol. The van der Waals surface area contributed by atoms with Gasteiger partial charge in [-0.25, -0.2) is 0 Å². The Bertz CT molecular complexity index is 415. The maximum Gasteiger partial charge on any atom is 0.0456 e. The number of aromatic nitrogens is 1. The average molecular weight is 187 g/mol. The topological polar surface area (TPSA) is 19.0 Å². The Balaban J connectivity index is 2.25. The van der Waals surface area contributed by atoms with E-state index >= 15 is 0 Å². The second kappa shape index (κ2) is 3.84. The van der Waals surface area contributed by atoms with E-state index in [1.54, 1.807) is 0 Å². The minimum absolute atomic E-state index is 0.988. The maximum absolute atomic E-state index is 3.84. The molecule has 0 atom stereocenters. The molecule has 1 heterocycles. The maximum atomic E-state index is 3.84. The van der Waals surface area contributed by atoms with Gasteiger partial charge >= 0.3 is 0 Å². The number of H-pyrrole nitrogens is 1. The summed E-state index contributed by atoms with van der Waals surface area (Å²) in [5.74, 6) is 0. The molecule has 1 N–H and O–H groups in total. The minimum Gasteiger partial charge on any atom is -0.361 e. The fourth-order valence-electron chi connectivity index (χ4n) is 1.65. The quantitative estimate of drug-likeness (QED) is 0.782. The summed E-state index contributed by atoms with van der Waals surface area (Å²) in [4.78, 5) is 5.23. The molecule has 2 nitrogen and oxygen atoms in total. The van der Waals surface area contributed by atoms with Crippen LogP contribution in [0.2, 0.25) is 0 Å². The number of hydrogen-bond donors (Lipinski definition) is 1. The summed E-state index contributed by atoms with van der Waals surface area (Å²) in [7, 11) is 5.84. The zero-order valence-corrected chi connectivity index (χ0v) is 8.46. The van der Waals surface area contributed by atoms with Crippen LogP contribution in [0.25, 0.3) is 10.9 Å². The molecule has 0 saturated carbocycles. The van der Waals surface area contributed by atoms with E-state index in [0.29, 0.717) is 0 Å². The highest BCUT2D eigenvalue weighted by molar-refractivity contribution is 5.83. The van der Waals surface area contributed by atoms with Gasteiger partial charge in [0.2, 0.25) is 0 Å². The summed E-state index contributed by atoms with van der Waals surface area (Å²) >= 11 is 0. The van der Waals surface area contributed by atoms with Gasteiger partial charge in [-0.3, -0.25) is 0 Å². The molecule has 0 unspecified atom stereocenters. The molecular formula is C12H15N2. The van der Waals surface area contributed by atoms with Crippen LogP contribution in [0.3, 0.4) is 0 Å². The molecule has 0 bridgehead atoms. The second-order valence-electron chi connectivity index (χ2n) is 3.69. The van der Waals surface area contributed by atoms with E-state index in [4.69, 9.17) is 0 Å². The number of para-hydroxylation sites is 1. The molecule has 73 valence electrons. The van der Waals surface area contributed by atoms with Gasteiger partial charge in [-0.05, 0) is 25.1 Å². The number of hydrogen-bond acceptors (Lipinski definition) is 1. The molecule has 0 aliphatic carbocycles. The van der Waals surface area contributed by atoms with Crippen molar-refractivity contribution in [2.24, 2.45) is 0 Å². The van der Waals surface area contributed by atoms with Gasteiger partial charge in [0.15, 0.2) is 0 Å². The lowest BCUT2D eigenvalue weighted by atomic mass is 10.1. The zero-order valence-electron chi connectivity index (χ0n) is 8.46. The number of nitrogens with zero attached hydrogens (tertiary/aromatic N) is 1. The minimum atomic E-state index is 0.988. The lowest BCUT2D eigenvalue weighted by Crippen LogP contribution is -2.12. The largest absolute Gasteiger partial charge is 0.361 e. The lowest BCUT2D eigenvalue weighted by molar-refractivity contribution is 0.455. The second-order valence-corrected chi connectivity index (χ2v) is 3.69. The van der Waals surface area contributed by atoms with Crippen LogP contribution in [0.1, 0.15) is 5.56 Å². The Hall–Kier alpha value is -1.28. The average Bonchev–Trinajstić information content (AvgIpc) is 2.58. The van der Waals surface area contributed by atoms with Gasteiger partial charge in [0.1, 0.15) is 0 Å². The zero-order chi connectivity index (χ0) is 9.97. The predicted octanol–water partition coefficient (Wildman–Crippen LogP) is 2.43. The molecule has 0 aliphatic rings. The highest BCUT2D eigenvalue weighted by Gasteiger charge is 2.02. The summed E-state index contributed by atoms with van der Waals surface area (Å²) in [5, 5.41) is 1.33. The number of nitrogens with one attached hydrogen (secondary N) is 1. The molecule has 0 saturated heterocycles. The van der Waals surface area contributed by atoms with E-state index < -0.39 is 0 Å². The van der Waals surface area contributed by atoms with Crippen molar-refractivity contribution in [3.8, 4) is 0 Å². The Morgan fingerprint density at radius 2 is 2.14 bits per heavy atom. The third kappa shape index (κ3) is 1.80. The summed E-state index contributed by atoms with van der Waals surface area (Å²) in [5.41, 5.74) is 2.59. The molecule has 2 aromatic rings.